The van der Waals surface area contributed by atoms with Gasteiger partial charge in [-0.15, -0.1) is 0 Å². The molecule has 5 nitrogen and oxygen atoms in total. The second kappa shape index (κ2) is 7.11. The number of rotatable bonds is 3. The molecule has 1 saturated heterocycles. The van der Waals surface area contributed by atoms with Gasteiger partial charge in [-0.05, 0) is 37.3 Å². The summed E-state index contributed by atoms with van der Waals surface area (Å²) in [6, 6.07) is 14.3. The first-order valence-corrected chi connectivity index (χ1v) is 10.7. The van der Waals surface area contributed by atoms with Crippen LogP contribution in [0.25, 0.3) is 10.9 Å². The number of sulfone groups is 1. The summed E-state index contributed by atoms with van der Waals surface area (Å²) in [6.45, 7) is 4.86. The number of anilines is 1. The lowest BCUT2D eigenvalue weighted by molar-refractivity contribution is 0.485. The summed E-state index contributed by atoms with van der Waals surface area (Å²) in [4.78, 5) is 7.15. The van der Waals surface area contributed by atoms with Crippen LogP contribution in [0.15, 0.2) is 64.5 Å². The van der Waals surface area contributed by atoms with Crippen LogP contribution in [0, 0.1) is 0 Å². The molecule has 1 atom stereocenters. The molecule has 2 heterocycles. The van der Waals surface area contributed by atoms with Crippen LogP contribution < -0.4 is 10.2 Å². The smallest absolute Gasteiger partial charge is 0.208 e. The first kappa shape index (κ1) is 18.2. The van der Waals surface area contributed by atoms with E-state index in [0.29, 0.717) is 11.1 Å². The predicted molar refractivity (Wildman–Crippen MR) is 108 cm³/mol. The summed E-state index contributed by atoms with van der Waals surface area (Å²) >= 11 is 5.96. The molecule has 0 radical (unpaired) electrons. The number of hydrogen-bond acceptors (Lipinski definition) is 5. The van der Waals surface area contributed by atoms with Crippen LogP contribution in [-0.4, -0.2) is 39.1 Å². The molecule has 27 heavy (non-hydrogen) atoms. The van der Waals surface area contributed by atoms with Gasteiger partial charge in [-0.1, -0.05) is 29.8 Å². The van der Waals surface area contributed by atoms with Crippen molar-refractivity contribution < 1.29 is 8.42 Å². The summed E-state index contributed by atoms with van der Waals surface area (Å²) < 4.78 is 25.9. The Balaban J connectivity index is 1.77. The van der Waals surface area contributed by atoms with Crippen molar-refractivity contribution in [1.82, 2.24) is 10.3 Å². The fourth-order valence-electron chi connectivity index (χ4n) is 3.45. The predicted octanol–water partition coefficient (Wildman–Crippen LogP) is 3.52. The number of benzene rings is 2. The van der Waals surface area contributed by atoms with Crippen molar-refractivity contribution in [3.8, 4) is 0 Å². The number of pyridine rings is 1. The van der Waals surface area contributed by atoms with E-state index in [1.807, 2.05) is 18.2 Å². The largest absolute Gasteiger partial charge is 0.367 e. The molecule has 1 unspecified atom stereocenters. The molecule has 1 fully saturated rings. The molecule has 1 N–H and O–H groups in total. The lowest BCUT2D eigenvalue weighted by Gasteiger charge is -2.34. The van der Waals surface area contributed by atoms with Crippen LogP contribution in [0.2, 0.25) is 5.02 Å². The van der Waals surface area contributed by atoms with Crippen LogP contribution in [0.1, 0.15) is 6.92 Å². The van der Waals surface area contributed by atoms with Crippen molar-refractivity contribution in [2.45, 2.75) is 22.8 Å². The summed E-state index contributed by atoms with van der Waals surface area (Å²) in [5, 5.41) is 4.63. The molecule has 0 bridgehead atoms. The van der Waals surface area contributed by atoms with Gasteiger partial charge in [0.05, 0.1) is 21.0 Å². The van der Waals surface area contributed by atoms with E-state index in [1.165, 1.54) is 12.3 Å². The van der Waals surface area contributed by atoms with E-state index >= 15 is 0 Å². The molecule has 140 valence electrons. The van der Waals surface area contributed by atoms with Gasteiger partial charge in [-0.3, -0.25) is 4.98 Å². The minimum atomic E-state index is -3.67. The van der Waals surface area contributed by atoms with Gasteiger partial charge in [0, 0.05) is 42.3 Å². The number of nitrogens with zero attached hydrogens (tertiary/aromatic N) is 2. The number of nitrogens with one attached hydrogen (secondary N) is 1. The Kier molecular flexibility index (Phi) is 4.80. The molecule has 1 aromatic heterocycles. The maximum atomic E-state index is 12.9. The molecule has 7 heteroatoms. The highest BCUT2D eigenvalue weighted by atomic mass is 35.5. The highest BCUT2D eigenvalue weighted by Gasteiger charge is 2.21. The van der Waals surface area contributed by atoms with E-state index in [2.05, 4.69) is 22.1 Å². The van der Waals surface area contributed by atoms with Crippen molar-refractivity contribution in [1.29, 1.82) is 0 Å². The third kappa shape index (κ3) is 3.52. The van der Waals surface area contributed by atoms with Crippen LogP contribution >= 0.6 is 11.6 Å². The average molecular weight is 402 g/mol. The molecule has 0 amide bonds. The topological polar surface area (TPSA) is 62.3 Å². The zero-order valence-corrected chi connectivity index (χ0v) is 16.5. The standard InChI is InChI=1S/C20H20ClN3O2S/c1-14-13-24(9-8-22-14)19-7-2-4-15-10-18(12-23-20(15)19)27(25,26)17-6-3-5-16(21)11-17/h2-7,10-12,14,22H,8-9,13H2,1H3. The lowest BCUT2D eigenvalue weighted by Crippen LogP contribution is -2.49. The summed E-state index contributed by atoms with van der Waals surface area (Å²) in [5.41, 5.74) is 1.85. The Morgan fingerprint density at radius 2 is 1.96 bits per heavy atom. The lowest BCUT2D eigenvalue weighted by atomic mass is 10.1. The monoisotopic (exact) mass is 401 g/mol. The number of aromatic nitrogens is 1. The maximum absolute atomic E-state index is 12.9. The molecule has 2 aromatic carbocycles. The van der Waals surface area contributed by atoms with Crippen LogP contribution in [-0.2, 0) is 9.84 Å². The molecule has 1 aliphatic heterocycles. The zero-order valence-electron chi connectivity index (χ0n) is 14.9. The average Bonchev–Trinajstić information content (AvgIpc) is 2.67. The molecule has 4 rings (SSSR count). The van der Waals surface area contributed by atoms with E-state index in [1.54, 1.807) is 24.3 Å². The Hall–Kier alpha value is -2.15. The molecular weight excluding hydrogens is 382 g/mol. The third-order valence-corrected chi connectivity index (χ3v) is 6.74. The zero-order chi connectivity index (χ0) is 19.0. The number of halogens is 1. The summed E-state index contributed by atoms with van der Waals surface area (Å²) in [6.07, 6.45) is 1.44. The molecule has 0 spiro atoms. The summed E-state index contributed by atoms with van der Waals surface area (Å²) in [5.74, 6) is 0. The Labute approximate surface area is 163 Å². The second-order valence-corrected chi connectivity index (χ2v) is 9.17. The van der Waals surface area contributed by atoms with Gasteiger partial charge in [0.25, 0.3) is 0 Å². The van der Waals surface area contributed by atoms with Crippen molar-refractivity contribution >= 4 is 38.0 Å². The van der Waals surface area contributed by atoms with Crippen molar-refractivity contribution in [2.24, 2.45) is 0 Å². The molecule has 3 aromatic rings. The molecule has 0 saturated carbocycles. The van der Waals surface area contributed by atoms with Crippen molar-refractivity contribution in [3.05, 3.63) is 59.8 Å². The van der Waals surface area contributed by atoms with E-state index in [9.17, 15) is 8.42 Å². The van der Waals surface area contributed by atoms with Crippen LogP contribution in [0.5, 0.6) is 0 Å². The quantitative estimate of drug-likeness (QED) is 0.727. The van der Waals surface area contributed by atoms with Gasteiger partial charge in [-0.25, -0.2) is 8.42 Å². The van der Waals surface area contributed by atoms with Crippen LogP contribution in [0.3, 0.4) is 0 Å². The van der Waals surface area contributed by atoms with Gasteiger partial charge in [0.1, 0.15) is 0 Å². The van der Waals surface area contributed by atoms with Gasteiger partial charge >= 0.3 is 0 Å². The van der Waals surface area contributed by atoms with Gasteiger partial charge in [-0.2, -0.15) is 0 Å². The Morgan fingerprint density at radius 1 is 1.15 bits per heavy atom. The molecular formula is C20H20ClN3O2S. The van der Waals surface area contributed by atoms with Crippen LogP contribution in [0.4, 0.5) is 5.69 Å². The minimum Gasteiger partial charge on any atom is -0.367 e. The SMILES string of the molecule is CC1CN(c2cccc3cc(S(=O)(=O)c4cccc(Cl)c4)cnc23)CCN1. The van der Waals surface area contributed by atoms with Crippen molar-refractivity contribution in [3.63, 3.8) is 0 Å². The maximum Gasteiger partial charge on any atom is 0.208 e. The Morgan fingerprint density at radius 3 is 2.74 bits per heavy atom. The molecule has 0 aliphatic carbocycles. The first-order valence-electron chi connectivity index (χ1n) is 8.83. The molecule has 1 aliphatic rings. The van der Waals surface area contributed by atoms with Gasteiger partial charge in [0.15, 0.2) is 0 Å². The van der Waals surface area contributed by atoms with E-state index in [0.717, 1.165) is 36.2 Å². The normalized spacial score (nSPS) is 18.0. The van der Waals surface area contributed by atoms with E-state index in [4.69, 9.17) is 11.6 Å². The first-order chi connectivity index (χ1) is 12.9. The van der Waals surface area contributed by atoms with Crippen molar-refractivity contribution in [2.75, 3.05) is 24.5 Å². The van der Waals surface area contributed by atoms with E-state index in [-0.39, 0.29) is 9.79 Å². The highest BCUT2D eigenvalue weighted by molar-refractivity contribution is 7.91. The number of fused-ring (bicyclic) bond motifs is 1. The van der Waals surface area contributed by atoms with Gasteiger partial charge < -0.3 is 10.2 Å². The number of hydrogen-bond donors (Lipinski definition) is 1. The fraction of sp³-hybridized carbons (Fsp3) is 0.250. The van der Waals surface area contributed by atoms with E-state index < -0.39 is 9.84 Å². The second-order valence-electron chi connectivity index (χ2n) is 6.78. The summed E-state index contributed by atoms with van der Waals surface area (Å²) in [7, 11) is -3.67. The number of para-hydroxylation sites is 1. The minimum absolute atomic E-state index is 0.170. The fourth-order valence-corrected chi connectivity index (χ4v) is 4.99. The highest BCUT2D eigenvalue weighted by Crippen LogP contribution is 2.30. The van der Waals surface area contributed by atoms with Gasteiger partial charge in [0.2, 0.25) is 9.84 Å². The number of piperazine rings is 1. The Bertz CT molecular complexity index is 1100. The third-order valence-electron chi connectivity index (χ3n) is 4.79.